The molecule has 1 rings (SSSR count). The topological polar surface area (TPSA) is 50.1 Å². The molecule has 0 radical (unpaired) electrons. The standard InChI is InChI=1S/C12H9BrF3NO2/c1-2-19-10(18)5-8-7(6-17)3-4-9(11(8)13)12(14,15)16/h3-4H,2,5H2,1H3. The molecule has 0 amide bonds. The molecule has 19 heavy (non-hydrogen) atoms. The minimum atomic E-state index is -4.56. The normalized spacial score (nSPS) is 10.9. The number of nitriles is 1. The van der Waals surface area contributed by atoms with E-state index in [1.807, 2.05) is 0 Å². The minimum Gasteiger partial charge on any atom is -0.466 e. The number of ether oxygens (including phenoxy) is 1. The monoisotopic (exact) mass is 335 g/mol. The maximum Gasteiger partial charge on any atom is 0.417 e. The molecule has 0 saturated carbocycles. The van der Waals surface area contributed by atoms with Gasteiger partial charge in [0.1, 0.15) is 0 Å². The summed E-state index contributed by atoms with van der Waals surface area (Å²) in [4.78, 5) is 11.4. The maximum atomic E-state index is 12.7. The van der Waals surface area contributed by atoms with E-state index in [9.17, 15) is 18.0 Å². The fourth-order valence-corrected chi connectivity index (χ4v) is 2.18. The lowest BCUT2D eigenvalue weighted by Gasteiger charge is -2.13. The molecular weight excluding hydrogens is 327 g/mol. The van der Waals surface area contributed by atoms with E-state index in [2.05, 4.69) is 20.7 Å². The van der Waals surface area contributed by atoms with Gasteiger partial charge in [0.15, 0.2) is 0 Å². The van der Waals surface area contributed by atoms with Gasteiger partial charge in [-0.1, -0.05) is 0 Å². The largest absolute Gasteiger partial charge is 0.466 e. The Morgan fingerprint density at radius 2 is 2.11 bits per heavy atom. The number of hydrogen-bond donors (Lipinski definition) is 0. The molecule has 0 atom stereocenters. The van der Waals surface area contributed by atoms with Gasteiger partial charge in [-0.3, -0.25) is 4.79 Å². The lowest BCUT2D eigenvalue weighted by Crippen LogP contribution is -2.13. The number of esters is 1. The van der Waals surface area contributed by atoms with E-state index in [-0.39, 0.29) is 28.6 Å². The predicted molar refractivity (Wildman–Crippen MR) is 64.2 cm³/mol. The molecular formula is C12H9BrF3NO2. The van der Waals surface area contributed by atoms with Crippen LogP contribution in [0.3, 0.4) is 0 Å². The Hall–Kier alpha value is -1.55. The summed E-state index contributed by atoms with van der Waals surface area (Å²) in [6, 6.07) is 3.60. The fourth-order valence-electron chi connectivity index (χ4n) is 1.47. The van der Waals surface area contributed by atoms with Crippen LogP contribution in [0.5, 0.6) is 0 Å². The third-order valence-electron chi connectivity index (χ3n) is 2.30. The highest BCUT2D eigenvalue weighted by Crippen LogP contribution is 2.37. The molecule has 0 aliphatic heterocycles. The van der Waals surface area contributed by atoms with Crippen LogP contribution >= 0.6 is 15.9 Å². The summed E-state index contributed by atoms with van der Waals surface area (Å²) in [7, 11) is 0. The first-order valence-electron chi connectivity index (χ1n) is 5.25. The van der Waals surface area contributed by atoms with Crippen molar-refractivity contribution in [3.8, 4) is 6.07 Å². The molecule has 0 aromatic heterocycles. The number of carbonyl (C=O) groups excluding carboxylic acids is 1. The number of nitrogens with zero attached hydrogens (tertiary/aromatic N) is 1. The van der Waals surface area contributed by atoms with Crippen LogP contribution < -0.4 is 0 Å². The van der Waals surface area contributed by atoms with Gasteiger partial charge in [0.25, 0.3) is 0 Å². The van der Waals surface area contributed by atoms with Gasteiger partial charge in [-0.05, 0) is 40.5 Å². The quantitative estimate of drug-likeness (QED) is 0.795. The van der Waals surface area contributed by atoms with Crippen LogP contribution in [0.25, 0.3) is 0 Å². The maximum absolute atomic E-state index is 12.7. The van der Waals surface area contributed by atoms with Gasteiger partial charge in [0.05, 0.1) is 30.2 Å². The fraction of sp³-hybridized carbons (Fsp3) is 0.333. The molecule has 0 aliphatic carbocycles. The van der Waals surface area contributed by atoms with E-state index in [1.54, 1.807) is 13.0 Å². The van der Waals surface area contributed by atoms with E-state index >= 15 is 0 Å². The zero-order valence-corrected chi connectivity index (χ0v) is 11.4. The Balaban J connectivity index is 3.28. The molecule has 1 aromatic rings. The van der Waals surface area contributed by atoms with Gasteiger partial charge in [0.2, 0.25) is 0 Å². The van der Waals surface area contributed by atoms with E-state index in [4.69, 9.17) is 5.26 Å². The zero-order chi connectivity index (χ0) is 14.6. The summed E-state index contributed by atoms with van der Waals surface area (Å²) in [5.41, 5.74) is -0.936. The van der Waals surface area contributed by atoms with Crippen molar-refractivity contribution in [1.29, 1.82) is 5.26 Å². The zero-order valence-electron chi connectivity index (χ0n) is 9.84. The summed E-state index contributed by atoms with van der Waals surface area (Å²) in [5.74, 6) is -0.681. The first-order valence-corrected chi connectivity index (χ1v) is 6.04. The average molecular weight is 336 g/mol. The van der Waals surface area contributed by atoms with Crippen LogP contribution in [0.4, 0.5) is 13.2 Å². The van der Waals surface area contributed by atoms with Gasteiger partial charge in [-0.25, -0.2) is 0 Å². The van der Waals surface area contributed by atoms with Gasteiger partial charge in [0, 0.05) is 4.47 Å². The molecule has 0 aliphatic rings. The van der Waals surface area contributed by atoms with Crippen molar-refractivity contribution in [1.82, 2.24) is 0 Å². The lowest BCUT2D eigenvalue weighted by atomic mass is 10.0. The van der Waals surface area contributed by atoms with Crippen molar-refractivity contribution in [3.63, 3.8) is 0 Å². The molecule has 0 spiro atoms. The van der Waals surface area contributed by atoms with Gasteiger partial charge in [-0.2, -0.15) is 18.4 Å². The third-order valence-corrected chi connectivity index (χ3v) is 3.20. The van der Waals surface area contributed by atoms with E-state index in [1.165, 1.54) is 0 Å². The van der Waals surface area contributed by atoms with Gasteiger partial charge in [-0.15, -0.1) is 0 Å². The van der Waals surface area contributed by atoms with Crippen molar-refractivity contribution < 1.29 is 22.7 Å². The molecule has 0 unspecified atom stereocenters. The molecule has 3 nitrogen and oxygen atoms in total. The summed E-state index contributed by atoms with van der Waals surface area (Å²) < 4.78 is 42.5. The molecule has 0 saturated heterocycles. The number of alkyl halides is 3. The molecule has 102 valence electrons. The van der Waals surface area contributed by atoms with Crippen LogP contribution in [0, 0.1) is 11.3 Å². The Morgan fingerprint density at radius 1 is 1.47 bits per heavy atom. The Kier molecular flexibility index (Phi) is 4.95. The number of hydrogen-bond acceptors (Lipinski definition) is 3. The summed E-state index contributed by atoms with van der Waals surface area (Å²) in [6.07, 6.45) is -4.95. The van der Waals surface area contributed by atoms with Crippen molar-refractivity contribution in [2.75, 3.05) is 6.61 Å². The number of benzene rings is 1. The SMILES string of the molecule is CCOC(=O)Cc1c(C#N)ccc(C(F)(F)F)c1Br. The van der Waals surface area contributed by atoms with Crippen molar-refractivity contribution in [2.24, 2.45) is 0 Å². The highest BCUT2D eigenvalue weighted by atomic mass is 79.9. The van der Waals surface area contributed by atoms with Crippen molar-refractivity contribution in [2.45, 2.75) is 19.5 Å². The highest BCUT2D eigenvalue weighted by Gasteiger charge is 2.34. The minimum absolute atomic E-state index is 0.00734. The van der Waals surface area contributed by atoms with E-state index < -0.39 is 17.7 Å². The second kappa shape index (κ2) is 6.06. The Labute approximate surface area is 116 Å². The van der Waals surface area contributed by atoms with Crippen LogP contribution in [-0.2, 0) is 22.1 Å². The van der Waals surface area contributed by atoms with E-state index in [0.29, 0.717) is 0 Å². The molecule has 0 bridgehead atoms. The van der Waals surface area contributed by atoms with Gasteiger partial charge >= 0.3 is 12.1 Å². The van der Waals surface area contributed by atoms with Crippen LogP contribution in [0.1, 0.15) is 23.6 Å². The number of rotatable bonds is 3. The predicted octanol–water partition coefficient (Wildman–Crippen LogP) is 3.45. The molecule has 0 heterocycles. The molecule has 0 N–H and O–H groups in total. The van der Waals surface area contributed by atoms with Crippen molar-refractivity contribution in [3.05, 3.63) is 33.3 Å². The highest BCUT2D eigenvalue weighted by molar-refractivity contribution is 9.10. The smallest absolute Gasteiger partial charge is 0.417 e. The van der Waals surface area contributed by atoms with Crippen molar-refractivity contribution >= 4 is 21.9 Å². The first kappa shape index (κ1) is 15.5. The van der Waals surface area contributed by atoms with Crippen LogP contribution in [0.15, 0.2) is 16.6 Å². The lowest BCUT2D eigenvalue weighted by molar-refractivity contribution is -0.143. The first-order chi connectivity index (χ1) is 8.81. The number of halogens is 4. The second-order valence-electron chi connectivity index (χ2n) is 3.54. The summed E-state index contributed by atoms with van der Waals surface area (Å²) >= 11 is 2.81. The Morgan fingerprint density at radius 3 is 2.58 bits per heavy atom. The molecule has 0 fully saturated rings. The van der Waals surface area contributed by atoms with E-state index in [0.717, 1.165) is 12.1 Å². The third kappa shape index (κ3) is 3.70. The van der Waals surface area contributed by atoms with Crippen LogP contribution in [0.2, 0.25) is 0 Å². The molecule has 7 heteroatoms. The molecule has 1 aromatic carbocycles. The summed E-state index contributed by atoms with van der Waals surface area (Å²) in [6.45, 7) is 1.71. The van der Waals surface area contributed by atoms with Gasteiger partial charge < -0.3 is 4.74 Å². The summed E-state index contributed by atoms with van der Waals surface area (Å²) in [5, 5.41) is 8.88. The Bertz CT molecular complexity index is 535. The second-order valence-corrected chi connectivity index (χ2v) is 4.34. The number of carbonyl (C=O) groups is 1. The van der Waals surface area contributed by atoms with Crippen LogP contribution in [-0.4, -0.2) is 12.6 Å². The average Bonchev–Trinajstić information content (AvgIpc) is 2.30.